The Hall–Kier alpha value is -2.01. The van der Waals surface area contributed by atoms with Gasteiger partial charge in [-0.3, -0.25) is 0 Å². The van der Waals surface area contributed by atoms with Crippen molar-refractivity contribution >= 4 is 32.5 Å². The molecule has 0 radical (unpaired) electrons. The molecular weight excluding hydrogens is 318 g/mol. The maximum Gasteiger partial charge on any atom is 0.136 e. The molecule has 3 rings (SSSR count). The smallest absolute Gasteiger partial charge is 0.136 e. The van der Waals surface area contributed by atoms with E-state index in [1.54, 1.807) is 18.0 Å². The molecule has 2 N–H and O–H groups in total. The van der Waals surface area contributed by atoms with Crippen molar-refractivity contribution in [1.82, 2.24) is 9.78 Å². The van der Waals surface area contributed by atoms with Crippen LogP contribution in [0.2, 0.25) is 0 Å². The first-order valence-electron chi connectivity index (χ1n) is 6.21. The number of nitrogens with zero attached hydrogens (tertiary/aromatic N) is 2. The Kier molecular flexibility index (Phi) is 3.36. The van der Waals surface area contributed by atoms with E-state index in [2.05, 4.69) is 45.3 Å². The lowest BCUT2D eigenvalue weighted by Crippen LogP contribution is -2.05. The average Bonchev–Trinajstić information content (AvgIpc) is 2.79. The highest BCUT2D eigenvalue weighted by atomic mass is 79.9. The summed E-state index contributed by atoms with van der Waals surface area (Å²) in [5.74, 6) is 1.50. The summed E-state index contributed by atoms with van der Waals surface area (Å²) in [5.41, 5.74) is 7.10. The second kappa shape index (κ2) is 5.17. The highest BCUT2D eigenvalue weighted by Gasteiger charge is 2.06. The van der Waals surface area contributed by atoms with Crippen molar-refractivity contribution in [3.05, 3.63) is 52.6 Å². The fraction of sp³-hybridized carbons (Fsp3) is 0.133. The summed E-state index contributed by atoms with van der Waals surface area (Å²) in [5, 5.41) is 6.57. The SMILES string of the molecule is COc1ccc2cc(Cn3ncc(Br)c3N)ccc2c1. The molecule has 0 aliphatic carbocycles. The Labute approximate surface area is 125 Å². The molecule has 0 saturated heterocycles. The molecule has 3 aromatic rings. The second-order valence-electron chi connectivity index (χ2n) is 4.58. The minimum atomic E-state index is 0.639. The number of benzene rings is 2. The summed E-state index contributed by atoms with van der Waals surface area (Å²) < 4.78 is 7.83. The van der Waals surface area contributed by atoms with Gasteiger partial charge in [-0.2, -0.15) is 5.10 Å². The standard InChI is InChI=1S/C15H14BrN3O/c1-20-13-5-4-11-6-10(2-3-12(11)7-13)9-19-15(17)14(16)8-18-19/h2-8H,9,17H2,1H3. The first kappa shape index (κ1) is 13.0. The third kappa shape index (κ3) is 2.36. The number of aromatic nitrogens is 2. The van der Waals surface area contributed by atoms with E-state index < -0.39 is 0 Å². The van der Waals surface area contributed by atoms with Gasteiger partial charge in [-0.05, 0) is 50.5 Å². The van der Waals surface area contributed by atoms with Crippen LogP contribution in [0.15, 0.2) is 47.1 Å². The molecule has 1 heterocycles. The van der Waals surface area contributed by atoms with Crippen LogP contribution in [0.25, 0.3) is 10.8 Å². The number of hydrogen-bond donors (Lipinski definition) is 1. The van der Waals surface area contributed by atoms with Gasteiger partial charge in [-0.1, -0.05) is 18.2 Å². The van der Waals surface area contributed by atoms with E-state index in [1.807, 2.05) is 12.1 Å². The van der Waals surface area contributed by atoms with Gasteiger partial charge >= 0.3 is 0 Å². The molecule has 0 unspecified atom stereocenters. The van der Waals surface area contributed by atoms with Gasteiger partial charge in [0.25, 0.3) is 0 Å². The van der Waals surface area contributed by atoms with Gasteiger partial charge in [0, 0.05) is 0 Å². The van der Waals surface area contributed by atoms with Crippen molar-refractivity contribution in [1.29, 1.82) is 0 Å². The van der Waals surface area contributed by atoms with Crippen LogP contribution in [0.1, 0.15) is 5.56 Å². The van der Waals surface area contributed by atoms with Crippen molar-refractivity contribution in [2.45, 2.75) is 6.54 Å². The van der Waals surface area contributed by atoms with Crippen LogP contribution in [0.4, 0.5) is 5.82 Å². The van der Waals surface area contributed by atoms with E-state index in [-0.39, 0.29) is 0 Å². The number of rotatable bonds is 3. The Morgan fingerprint density at radius 3 is 2.65 bits per heavy atom. The number of nitrogen functional groups attached to an aromatic ring is 1. The van der Waals surface area contributed by atoms with E-state index in [9.17, 15) is 0 Å². The van der Waals surface area contributed by atoms with Crippen LogP contribution in [0.5, 0.6) is 5.75 Å². The minimum absolute atomic E-state index is 0.639. The van der Waals surface area contributed by atoms with E-state index >= 15 is 0 Å². The molecule has 20 heavy (non-hydrogen) atoms. The Bertz CT molecular complexity index is 767. The number of fused-ring (bicyclic) bond motifs is 1. The summed E-state index contributed by atoms with van der Waals surface area (Å²) in [4.78, 5) is 0. The van der Waals surface area contributed by atoms with Gasteiger partial charge in [-0.15, -0.1) is 0 Å². The van der Waals surface area contributed by atoms with Crippen LogP contribution in [-0.4, -0.2) is 16.9 Å². The first-order chi connectivity index (χ1) is 9.67. The fourth-order valence-electron chi connectivity index (χ4n) is 2.17. The zero-order valence-corrected chi connectivity index (χ0v) is 12.6. The largest absolute Gasteiger partial charge is 0.497 e. The third-order valence-electron chi connectivity index (χ3n) is 3.28. The summed E-state index contributed by atoms with van der Waals surface area (Å²) >= 11 is 3.36. The number of anilines is 1. The zero-order chi connectivity index (χ0) is 14.1. The normalized spacial score (nSPS) is 10.9. The molecule has 2 aromatic carbocycles. The molecule has 102 valence electrons. The molecule has 0 spiro atoms. The number of hydrogen-bond acceptors (Lipinski definition) is 3. The van der Waals surface area contributed by atoms with Gasteiger partial charge in [0.15, 0.2) is 0 Å². The summed E-state index contributed by atoms with van der Waals surface area (Å²) in [6.45, 7) is 0.652. The predicted octanol–water partition coefficient (Wildman–Crippen LogP) is 3.44. The minimum Gasteiger partial charge on any atom is -0.497 e. The highest BCUT2D eigenvalue weighted by molar-refractivity contribution is 9.10. The van der Waals surface area contributed by atoms with Crippen LogP contribution in [0, 0.1) is 0 Å². The molecule has 4 nitrogen and oxygen atoms in total. The summed E-state index contributed by atoms with van der Waals surface area (Å²) in [6, 6.07) is 12.4. The van der Waals surface area contributed by atoms with Crippen molar-refractivity contribution in [2.75, 3.05) is 12.8 Å². The summed E-state index contributed by atoms with van der Waals surface area (Å²) in [7, 11) is 1.67. The molecule has 0 fully saturated rings. The first-order valence-corrected chi connectivity index (χ1v) is 7.00. The second-order valence-corrected chi connectivity index (χ2v) is 5.44. The molecular formula is C15H14BrN3O. The van der Waals surface area contributed by atoms with Crippen LogP contribution in [-0.2, 0) is 6.54 Å². The van der Waals surface area contributed by atoms with Crippen molar-refractivity contribution in [3.63, 3.8) is 0 Å². The molecule has 0 saturated carbocycles. The van der Waals surface area contributed by atoms with E-state index in [0.29, 0.717) is 12.4 Å². The maximum atomic E-state index is 5.94. The molecule has 0 atom stereocenters. The number of halogens is 1. The molecule has 0 bridgehead atoms. The van der Waals surface area contributed by atoms with E-state index in [0.717, 1.165) is 21.2 Å². The Morgan fingerprint density at radius 2 is 1.95 bits per heavy atom. The van der Waals surface area contributed by atoms with E-state index in [4.69, 9.17) is 10.5 Å². The van der Waals surface area contributed by atoms with Gasteiger partial charge in [0.2, 0.25) is 0 Å². The molecule has 1 aromatic heterocycles. The monoisotopic (exact) mass is 331 g/mol. The van der Waals surface area contributed by atoms with Crippen molar-refractivity contribution < 1.29 is 4.74 Å². The van der Waals surface area contributed by atoms with E-state index in [1.165, 1.54) is 5.39 Å². The fourth-order valence-corrected chi connectivity index (χ4v) is 2.47. The topological polar surface area (TPSA) is 53.1 Å². The number of methoxy groups -OCH3 is 1. The van der Waals surface area contributed by atoms with Crippen LogP contribution >= 0.6 is 15.9 Å². The Morgan fingerprint density at radius 1 is 1.20 bits per heavy atom. The van der Waals surface area contributed by atoms with Crippen LogP contribution in [0.3, 0.4) is 0 Å². The maximum absolute atomic E-state index is 5.94. The average molecular weight is 332 g/mol. The van der Waals surface area contributed by atoms with Gasteiger partial charge in [0.1, 0.15) is 11.6 Å². The molecule has 5 heteroatoms. The summed E-state index contributed by atoms with van der Waals surface area (Å²) in [6.07, 6.45) is 1.71. The third-order valence-corrected chi connectivity index (χ3v) is 3.89. The lowest BCUT2D eigenvalue weighted by atomic mass is 10.1. The lowest BCUT2D eigenvalue weighted by Gasteiger charge is -2.07. The van der Waals surface area contributed by atoms with Gasteiger partial charge in [0.05, 0.1) is 24.3 Å². The molecule has 0 aliphatic heterocycles. The quantitative estimate of drug-likeness (QED) is 0.799. The van der Waals surface area contributed by atoms with Gasteiger partial charge in [-0.25, -0.2) is 4.68 Å². The lowest BCUT2D eigenvalue weighted by molar-refractivity contribution is 0.415. The zero-order valence-electron chi connectivity index (χ0n) is 11.0. The molecule has 0 aliphatic rings. The Balaban J connectivity index is 1.95. The highest BCUT2D eigenvalue weighted by Crippen LogP contribution is 2.23. The van der Waals surface area contributed by atoms with Gasteiger partial charge < -0.3 is 10.5 Å². The van der Waals surface area contributed by atoms with Crippen molar-refractivity contribution in [3.8, 4) is 5.75 Å². The van der Waals surface area contributed by atoms with Crippen molar-refractivity contribution in [2.24, 2.45) is 0 Å². The van der Waals surface area contributed by atoms with Crippen LogP contribution < -0.4 is 10.5 Å². The number of nitrogens with two attached hydrogens (primary N) is 1. The predicted molar refractivity (Wildman–Crippen MR) is 83.9 cm³/mol. The molecule has 0 amide bonds. The number of ether oxygens (including phenoxy) is 1.